The summed E-state index contributed by atoms with van der Waals surface area (Å²) >= 11 is 0. The number of nitrogens with zero attached hydrogens (tertiary/aromatic N) is 4. The molecule has 11 nitrogen and oxygen atoms in total. The van der Waals surface area contributed by atoms with Crippen LogP contribution < -0.4 is 5.32 Å². The molecule has 1 fully saturated rings. The number of imidazole rings is 1. The molecule has 3 heterocycles. The van der Waals surface area contributed by atoms with Gasteiger partial charge in [0.05, 0.1) is 6.33 Å². The van der Waals surface area contributed by atoms with E-state index in [-0.39, 0.29) is 5.65 Å². The maximum absolute atomic E-state index is 11.3. The van der Waals surface area contributed by atoms with Crippen molar-refractivity contribution in [3.05, 3.63) is 48.5 Å². The molecule has 29 heavy (non-hydrogen) atoms. The maximum atomic E-state index is 11.3. The molecular formula is C18H19N5O6. The molecular weight excluding hydrogens is 382 g/mol. The van der Waals surface area contributed by atoms with Gasteiger partial charge in [0.2, 0.25) is 0 Å². The van der Waals surface area contributed by atoms with Crippen LogP contribution in [-0.2, 0) is 16.1 Å². The number of aliphatic hydroxyl groups excluding tert-OH is 3. The lowest BCUT2D eigenvalue weighted by atomic mass is 9.98. The molecule has 5 N–H and O–H groups in total. The molecule has 1 aliphatic rings. The standard InChI is InChI=1S/C18H19N5O6/c24-11-12(25)14(18(27)28)29-17(13(11)26)23-8-22-10-15(20-7-21-16(10)23)19-6-9-4-2-1-3-5-9/h1-5,7-8,11-14,17,24-26H,6H2,(H,27,28)(H,19,20,21)/t11-,12-,13+,14-,17?/m0/s1. The highest BCUT2D eigenvalue weighted by Gasteiger charge is 2.48. The van der Waals surface area contributed by atoms with Gasteiger partial charge in [-0.15, -0.1) is 0 Å². The fourth-order valence-electron chi connectivity index (χ4n) is 3.24. The largest absolute Gasteiger partial charge is 0.479 e. The van der Waals surface area contributed by atoms with Gasteiger partial charge >= 0.3 is 5.97 Å². The number of hydrogen-bond acceptors (Lipinski definition) is 9. The van der Waals surface area contributed by atoms with Crippen LogP contribution in [0.2, 0.25) is 0 Å². The van der Waals surface area contributed by atoms with Crippen molar-refractivity contribution >= 4 is 23.0 Å². The van der Waals surface area contributed by atoms with E-state index in [0.717, 1.165) is 5.56 Å². The maximum Gasteiger partial charge on any atom is 0.335 e. The first-order valence-electron chi connectivity index (χ1n) is 8.85. The zero-order valence-electron chi connectivity index (χ0n) is 15.0. The van der Waals surface area contributed by atoms with Crippen LogP contribution >= 0.6 is 0 Å². The van der Waals surface area contributed by atoms with Crippen molar-refractivity contribution in [2.75, 3.05) is 5.32 Å². The smallest absolute Gasteiger partial charge is 0.335 e. The summed E-state index contributed by atoms with van der Waals surface area (Å²) in [6, 6.07) is 9.66. The van der Waals surface area contributed by atoms with E-state index in [1.54, 1.807) is 0 Å². The Morgan fingerprint density at radius 3 is 2.55 bits per heavy atom. The number of carbonyl (C=O) groups is 1. The van der Waals surface area contributed by atoms with Crippen molar-refractivity contribution in [2.24, 2.45) is 0 Å². The molecule has 11 heteroatoms. The zero-order valence-corrected chi connectivity index (χ0v) is 15.0. The van der Waals surface area contributed by atoms with Crippen LogP contribution in [0.1, 0.15) is 11.8 Å². The van der Waals surface area contributed by atoms with Gasteiger partial charge in [-0.05, 0) is 5.56 Å². The zero-order chi connectivity index (χ0) is 20.5. The molecule has 0 spiro atoms. The Bertz CT molecular complexity index is 1010. The average Bonchev–Trinajstić information content (AvgIpc) is 3.16. The highest BCUT2D eigenvalue weighted by atomic mass is 16.6. The van der Waals surface area contributed by atoms with Crippen LogP contribution in [0.5, 0.6) is 0 Å². The molecule has 1 aromatic carbocycles. The van der Waals surface area contributed by atoms with Crippen molar-refractivity contribution in [3.8, 4) is 0 Å². The molecule has 1 saturated heterocycles. The predicted octanol–water partition coefficient (Wildman–Crippen LogP) is -0.497. The van der Waals surface area contributed by atoms with Gasteiger partial charge in [-0.1, -0.05) is 30.3 Å². The van der Waals surface area contributed by atoms with E-state index >= 15 is 0 Å². The Balaban J connectivity index is 1.64. The van der Waals surface area contributed by atoms with Crippen molar-refractivity contribution in [1.29, 1.82) is 0 Å². The minimum absolute atomic E-state index is 0.271. The van der Waals surface area contributed by atoms with Crippen LogP contribution in [0, 0.1) is 0 Å². The average molecular weight is 401 g/mol. The molecule has 4 rings (SSSR count). The number of hydrogen-bond donors (Lipinski definition) is 5. The van der Waals surface area contributed by atoms with Crippen LogP contribution in [-0.4, -0.2) is 70.3 Å². The van der Waals surface area contributed by atoms with Gasteiger partial charge in [0, 0.05) is 6.54 Å². The van der Waals surface area contributed by atoms with Gasteiger partial charge in [0.1, 0.15) is 24.6 Å². The second-order valence-electron chi connectivity index (χ2n) is 6.64. The van der Waals surface area contributed by atoms with Crippen LogP contribution in [0.3, 0.4) is 0 Å². The summed E-state index contributed by atoms with van der Waals surface area (Å²) in [6.45, 7) is 0.494. The number of rotatable bonds is 5. The summed E-state index contributed by atoms with van der Waals surface area (Å²) < 4.78 is 6.65. The van der Waals surface area contributed by atoms with E-state index in [9.17, 15) is 25.2 Å². The van der Waals surface area contributed by atoms with Crippen molar-refractivity contribution in [2.45, 2.75) is 37.2 Å². The lowest BCUT2D eigenvalue weighted by Crippen LogP contribution is -2.57. The lowest BCUT2D eigenvalue weighted by molar-refractivity contribution is -0.246. The topological polar surface area (TPSA) is 163 Å². The third-order valence-electron chi connectivity index (χ3n) is 4.77. The third-order valence-corrected chi connectivity index (χ3v) is 4.77. The number of benzene rings is 1. The quantitative estimate of drug-likeness (QED) is 0.377. The van der Waals surface area contributed by atoms with E-state index in [1.165, 1.54) is 17.2 Å². The lowest BCUT2D eigenvalue weighted by Gasteiger charge is -2.39. The van der Waals surface area contributed by atoms with Crippen LogP contribution in [0.15, 0.2) is 43.0 Å². The molecule has 3 aromatic rings. The normalized spacial score (nSPS) is 27.1. The van der Waals surface area contributed by atoms with Crippen molar-refractivity contribution < 1.29 is 30.0 Å². The molecule has 0 saturated carbocycles. The Morgan fingerprint density at radius 2 is 1.83 bits per heavy atom. The number of nitrogens with one attached hydrogen (secondary N) is 1. The van der Waals surface area contributed by atoms with Crippen molar-refractivity contribution in [3.63, 3.8) is 0 Å². The molecule has 152 valence electrons. The second-order valence-corrected chi connectivity index (χ2v) is 6.64. The number of carboxylic acids is 1. The molecule has 0 amide bonds. The summed E-state index contributed by atoms with van der Waals surface area (Å²) in [5.74, 6) is -1.02. The third kappa shape index (κ3) is 3.51. The van der Waals surface area contributed by atoms with E-state index in [2.05, 4.69) is 20.3 Å². The summed E-state index contributed by atoms with van der Waals surface area (Å²) in [7, 11) is 0. The van der Waals surface area contributed by atoms with Gasteiger partial charge in [-0.2, -0.15) is 0 Å². The Morgan fingerprint density at radius 1 is 1.07 bits per heavy atom. The van der Waals surface area contributed by atoms with Gasteiger partial charge in [-0.25, -0.2) is 19.7 Å². The number of aliphatic carboxylic acids is 1. The minimum atomic E-state index is -1.77. The summed E-state index contributed by atoms with van der Waals surface area (Å²) in [5, 5.41) is 42.6. The Kier molecular flexibility index (Phi) is 5.11. The number of fused-ring (bicyclic) bond motifs is 1. The van der Waals surface area contributed by atoms with Gasteiger partial charge in [-0.3, -0.25) is 4.57 Å². The van der Waals surface area contributed by atoms with E-state index in [4.69, 9.17) is 4.74 Å². The highest BCUT2D eigenvalue weighted by molar-refractivity contribution is 5.82. The molecule has 1 aliphatic heterocycles. The fourth-order valence-corrected chi connectivity index (χ4v) is 3.24. The Labute approximate surface area is 164 Å². The first kappa shape index (κ1) is 19.2. The van der Waals surface area contributed by atoms with E-state index in [0.29, 0.717) is 17.9 Å². The molecule has 5 atom stereocenters. The summed E-state index contributed by atoms with van der Waals surface area (Å²) in [4.78, 5) is 23.9. The first-order chi connectivity index (χ1) is 14.0. The molecule has 2 aromatic heterocycles. The monoisotopic (exact) mass is 401 g/mol. The molecule has 0 radical (unpaired) electrons. The van der Waals surface area contributed by atoms with Crippen molar-refractivity contribution in [1.82, 2.24) is 19.5 Å². The Hall–Kier alpha value is -3.12. The number of aromatic nitrogens is 4. The van der Waals surface area contributed by atoms with E-state index in [1.807, 2.05) is 30.3 Å². The van der Waals surface area contributed by atoms with Gasteiger partial charge in [0.15, 0.2) is 29.3 Å². The second kappa shape index (κ2) is 7.72. The van der Waals surface area contributed by atoms with E-state index < -0.39 is 36.6 Å². The summed E-state index contributed by atoms with van der Waals surface area (Å²) in [6.07, 6.45) is -5.50. The number of anilines is 1. The summed E-state index contributed by atoms with van der Waals surface area (Å²) in [5.41, 5.74) is 1.69. The number of carboxylic acid groups (broad SMARTS) is 1. The number of aliphatic hydroxyl groups is 3. The molecule has 0 aliphatic carbocycles. The predicted molar refractivity (Wildman–Crippen MR) is 98.7 cm³/mol. The van der Waals surface area contributed by atoms with Gasteiger partial charge < -0.3 is 30.5 Å². The SMILES string of the molecule is O=C(O)[C@H]1OC(n2cnc3c(NCc4ccccc4)ncnc32)[C@H](O)[C@@H](O)[C@@H]1O. The first-order valence-corrected chi connectivity index (χ1v) is 8.85. The van der Waals surface area contributed by atoms with Crippen LogP contribution in [0.25, 0.3) is 11.2 Å². The van der Waals surface area contributed by atoms with Crippen LogP contribution in [0.4, 0.5) is 5.82 Å². The highest BCUT2D eigenvalue weighted by Crippen LogP contribution is 2.31. The minimum Gasteiger partial charge on any atom is -0.479 e. The number of ether oxygens (including phenoxy) is 1. The fraction of sp³-hybridized carbons (Fsp3) is 0.333. The molecule has 0 bridgehead atoms. The van der Waals surface area contributed by atoms with Gasteiger partial charge in [0.25, 0.3) is 0 Å². The molecule has 1 unspecified atom stereocenters.